The van der Waals surface area contributed by atoms with Gasteiger partial charge in [-0.05, 0) is 59.3 Å². The Bertz CT molecular complexity index is 849. The highest BCUT2D eigenvalue weighted by Gasteiger charge is 2.45. The van der Waals surface area contributed by atoms with Crippen LogP contribution in [0, 0.1) is 5.41 Å². The molecule has 3 amide bonds. The third-order valence-corrected chi connectivity index (χ3v) is 6.17. The minimum Gasteiger partial charge on any atom is -0.452 e. The second kappa shape index (κ2) is 10.0. The largest absolute Gasteiger partial charge is 0.452 e. The van der Waals surface area contributed by atoms with Crippen LogP contribution in [0.2, 0.25) is 0 Å². The molecule has 2 rings (SSSR count). The Morgan fingerprint density at radius 3 is 2.30 bits per heavy atom. The number of aromatic nitrogens is 1. The van der Waals surface area contributed by atoms with Gasteiger partial charge < -0.3 is 24.2 Å². The molecule has 0 aromatic carbocycles. The molecule has 33 heavy (non-hydrogen) atoms. The van der Waals surface area contributed by atoms with Gasteiger partial charge in [-0.15, -0.1) is 0 Å². The van der Waals surface area contributed by atoms with Crippen molar-refractivity contribution >= 4 is 24.0 Å². The Morgan fingerprint density at radius 2 is 1.82 bits per heavy atom. The number of hydrogen-bond donors (Lipinski definition) is 1. The van der Waals surface area contributed by atoms with E-state index >= 15 is 0 Å². The molecular formula is C23H38N4O6. The van der Waals surface area contributed by atoms with Crippen LogP contribution in [0.5, 0.6) is 0 Å². The molecule has 10 heteroatoms. The number of piperidine rings is 1. The van der Waals surface area contributed by atoms with E-state index in [0.717, 1.165) is 19.3 Å². The minimum absolute atomic E-state index is 0.0769. The number of hydrogen-bond acceptors (Lipinski definition) is 7. The van der Waals surface area contributed by atoms with Gasteiger partial charge in [0.2, 0.25) is 5.88 Å². The fraction of sp³-hybridized carbons (Fsp3) is 0.739. The van der Waals surface area contributed by atoms with Gasteiger partial charge >= 0.3 is 12.2 Å². The lowest BCUT2D eigenvalue weighted by atomic mass is 9.68. The van der Waals surface area contributed by atoms with Crippen LogP contribution < -0.4 is 10.2 Å². The van der Waals surface area contributed by atoms with Gasteiger partial charge in [0, 0.05) is 31.7 Å². The molecule has 0 spiro atoms. The highest BCUT2D eigenvalue weighted by Crippen LogP contribution is 2.44. The molecule has 0 atom stereocenters. The van der Waals surface area contributed by atoms with Crippen molar-refractivity contribution in [2.75, 3.05) is 32.1 Å². The molecule has 10 nitrogen and oxygen atoms in total. The third-order valence-electron chi connectivity index (χ3n) is 6.17. The number of rotatable bonds is 6. The van der Waals surface area contributed by atoms with Crippen molar-refractivity contribution in [1.29, 1.82) is 0 Å². The predicted octanol–water partition coefficient (Wildman–Crippen LogP) is 4.20. The molecular weight excluding hydrogens is 428 g/mol. The zero-order valence-corrected chi connectivity index (χ0v) is 21.1. The second-order valence-electron chi connectivity index (χ2n) is 10.2. The van der Waals surface area contributed by atoms with E-state index in [2.05, 4.69) is 17.4 Å². The van der Waals surface area contributed by atoms with Crippen LogP contribution in [-0.2, 0) is 9.47 Å². The average molecular weight is 467 g/mol. The van der Waals surface area contributed by atoms with Crippen LogP contribution in [0.1, 0.15) is 77.7 Å². The van der Waals surface area contributed by atoms with E-state index < -0.39 is 23.1 Å². The van der Waals surface area contributed by atoms with E-state index in [4.69, 9.17) is 14.0 Å². The van der Waals surface area contributed by atoms with Crippen LogP contribution >= 0.6 is 0 Å². The predicted molar refractivity (Wildman–Crippen MR) is 123 cm³/mol. The van der Waals surface area contributed by atoms with Crippen LogP contribution in [0.3, 0.4) is 0 Å². The van der Waals surface area contributed by atoms with Crippen molar-refractivity contribution in [2.45, 2.75) is 78.4 Å². The number of carbonyl (C=O) groups is 3. The number of methoxy groups -OCH3 is 1. The summed E-state index contributed by atoms with van der Waals surface area (Å²) in [5, 5.41) is 6.27. The van der Waals surface area contributed by atoms with Crippen molar-refractivity contribution < 1.29 is 28.4 Å². The normalized spacial score (nSPS) is 16.2. The molecule has 0 unspecified atom stereocenters. The molecule has 0 aliphatic carbocycles. The second-order valence-corrected chi connectivity index (χ2v) is 10.2. The maximum Gasteiger partial charge on any atom is 0.416 e. The van der Waals surface area contributed by atoms with Gasteiger partial charge in [-0.2, -0.15) is 0 Å². The quantitative estimate of drug-likeness (QED) is 0.668. The Labute approximate surface area is 195 Å². The molecule has 1 aliphatic heterocycles. The van der Waals surface area contributed by atoms with Gasteiger partial charge in [0.15, 0.2) is 5.69 Å². The van der Waals surface area contributed by atoms with Crippen molar-refractivity contribution in [1.82, 2.24) is 15.4 Å². The van der Waals surface area contributed by atoms with Crippen molar-refractivity contribution in [3.8, 4) is 0 Å². The Morgan fingerprint density at radius 1 is 1.21 bits per heavy atom. The van der Waals surface area contributed by atoms with Crippen LogP contribution in [0.15, 0.2) is 10.6 Å². The van der Waals surface area contributed by atoms with E-state index in [-0.39, 0.29) is 23.1 Å². The summed E-state index contributed by atoms with van der Waals surface area (Å²) >= 11 is 0. The number of anilines is 1. The van der Waals surface area contributed by atoms with Crippen LogP contribution in [0.4, 0.5) is 15.5 Å². The van der Waals surface area contributed by atoms with E-state index in [1.165, 1.54) is 25.1 Å². The molecule has 1 aromatic heterocycles. The molecule has 1 saturated heterocycles. The summed E-state index contributed by atoms with van der Waals surface area (Å²) in [6.45, 7) is 12.7. The summed E-state index contributed by atoms with van der Waals surface area (Å²) in [4.78, 5) is 40.3. The fourth-order valence-corrected chi connectivity index (χ4v) is 4.47. The summed E-state index contributed by atoms with van der Waals surface area (Å²) in [6.07, 6.45) is 2.18. The van der Waals surface area contributed by atoms with Crippen molar-refractivity contribution in [2.24, 2.45) is 5.41 Å². The highest BCUT2D eigenvalue weighted by molar-refractivity contribution is 5.94. The van der Waals surface area contributed by atoms with E-state index in [1.807, 2.05) is 34.6 Å². The Kier molecular flexibility index (Phi) is 8.03. The molecule has 1 N–H and O–H groups in total. The summed E-state index contributed by atoms with van der Waals surface area (Å²) in [7, 11) is 2.80. The first-order valence-corrected chi connectivity index (χ1v) is 11.3. The standard InChI is InChI=1S/C23H38N4O6/c1-9-23(10-12-26(13-11-23)19(29)32-21(2,3)4)15-22(5,6)27(20(30)31-8)17-14-16(25-33-17)18(28)24-7/h14H,9-13,15H2,1-8H3,(H,24,28). The highest BCUT2D eigenvalue weighted by atomic mass is 16.6. The van der Waals surface area contributed by atoms with Crippen LogP contribution in [0.25, 0.3) is 0 Å². The lowest BCUT2D eigenvalue weighted by molar-refractivity contribution is 0.00557. The first kappa shape index (κ1) is 26.5. The first-order chi connectivity index (χ1) is 15.3. The van der Waals surface area contributed by atoms with Crippen molar-refractivity contribution in [3.63, 3.8) is 0 Å². The lowest BCUT2D eigenvalue weighted by Crippen LogP contribution is -2.53. The molecule has 1 aromatic rings. The van der Waals surface area contributed by atoms with Crippen LogP contribution in [-0.4, -0.2) is 66.5 Å². The van der Waals surface area contributed by atoms with E-state index in [1.54, 1.807) is 4.90 Å². The smallest absolute Gasteiger partial charge is 0.416 e. The molecule has 0 radical (unpaired) electrons. The van der Waals surface area contributed by atoms with Crippen molar-refractivity contribution in [3.05, 3.63) is 11.8 Å². The molecule has 2 heterocycles. The molecule has 0 bridgehead atoms. The summed E-state index contributed by atoms with van der Waals surface area (Å²) < 4.78 is 15.9. The van der Waals surface area contributed by atoms with Gasteiger partial charge in [-0.25, -0.2) is 14.5 Å². The number of ether oxygens (including phenoxy) is 2. The molecule has 0 saturated carbocycles. The van der Waals surface area contributed by atoms with Gasteiger partial charge in [-0.3, -0.25) is 4.79 Å². The SMILES string of the molecule is CCC1(CC(C)(C)N(C(=O)OC)c2cc(C(=O)NC)no2)CCN(C(=O)OC(C)(C)C)CC1. The van der Waals surface area contributed by atoms with Gasteiger partial charge in [-0.1, -0.05) is 18.5 Å². The van der Waals surface area contributed by atoms with E-state index in [0.29, 0.717) is 19.5 Å². The minimum atomic E-state index is -0.712. The Hall–Kier alpha value is -2.78. The number of amides is 3. The number of carbonyl (C=O) groups excluding carboxylic acids is 3. The topological polar surface area (TPSA) is 114 Å². The van der Waals surface area contributed by atoms with Gasteiger partial charge in [0.1, 0.15) is 5.60 Å². The average Bonchev–Trinajstić information content (AvgIpc) is 3.21. The monoisotopic (exact) mass is 466 g/mol. The fourth-order valence-electron chi connectivity index (χ4n) is 4.47. The Balaban J connectivity index is 2.22. The zero-order valence-electron chi connectivity index (χ0n) is 21.1. The lowest BCUT2D eigenvalue weighted by Gasteiger charge is -2.47. The summed E-state index contributed by atoms with van der Waals surface area (Å²) in [6, 6.07) is 1.43. The third kappa shape index (κ3) is 6.39. The zero-order chi connectivity index (χ0) is 25.0. The summed E-state index contributed by atoms with van der Waals surface area (Å²) in [5.74, 6) is -0.268. The first-order valence-electron chi connectivity index (χ1n) is 11.3. The molecule has 186 valence electrons. The number of likely N-dealkylation sites (tertiary alicyclic amines) is 1. The number of nitrogens with zero attached hydrogens (tertiary/aromatic N) is 3. The van der Waals surface area contributed by atoms with E-state index in [9.17, 15) is 14.4 Å². The summed E-state index contributed by atoms with van der Waals surface area (Å²) in [5.41, 5.74) is -1.27. The molecule has 1 aliphatic rings. The maximum atomic E-state index is 12.8. The van der Waals surface area contributed by atoms with Gasteiger partial charge in [0.25, 0.3) is 5.91 Å². The number of nitrogens with one attached hydrogen (secondary N) is 1. The van der Waals surface area contributed by atoms with Gasteiger partial charge in [0.05, 0.1) is 7.11 Å². The maximum absolute atomic E-state index is 12.8. The molecule has 1 fully saturated rings.